The van der Waals surface area contributed by atoms with E-state index in [1.807, 2.05) is 24.3 Å². The summed E-state index contributed by atoms with van der Waals surface area (Å²) in [5, 5.41) is 6.62. The third-order valence-electron chi connectivity index (χ3n) is 3.69. The summed E-state index contributed by atoms with van der Waals surface area (Å²) in [5.74, 6) is 0.873. The van der Waals surface area contributed by atoms with Gasteiger partial charge in [0.05, 0.1) is 18.5 Å². The van der Waals surface area contributed by atoms with Crippen molar-refractivity contribution in [3.05, 3.63) is 41.2 Å². The van der Waals surface area contributed by atoms with Gasteiger partial charge in [-0.2, -0.15) is 5.10 Å². The first-order valence-corrected chi connectivity index (χ1v) is 9.07. The largest absolute Gasteiger partial charge is 0.496 e. The zero-order valence-corrected chi connectivity index (χ0v) is 14.5. The Kier molecular flexibility index (Phi) is 5.79. The summed E-state index contributed by atoms with van der Waals surface area (Å²) < 4.78 is 32.5. The number of aromatic nitrogens is 2. The summed E-state index contributed by atoms with van der Waals surface area (Å²) in [7, 11) is -1.85. The number of methoxy groups -OCH3 is 1. The molecule has 2 N–H and O–H groups in total. The van der Waals surface area contributed by atoms with Gasteiger partial charge in [-0.15, -0.1) is 0 Å². The van der Waals surface area contributed by atoms with Crippen molar-refractivity contribution in [3.8, 4) is 5.75 Å². The maximum Gasteiger partial charge on any atom is 0.244 e. The lowest BCUT2D eigenvalue weighted by molar-refractivity contribution is 0.409. The first-order valence-electron chi connectivity index (χ1n) is 7.59. The molecule has 0 spiro atoms. The number of nitrogens with one attached hydrogen (secondary N) is 2. The fourth-order valence-electron chi connectivity index (χ4n) is 2.57. The second kappa shape index (κ2) is 7.61. The molecule has 6 nitrogen and oxygen atoms in total. The summed E-state index contributed by atoms with van der Waals surface area (Å²) in [5.41, 5.74) is 2.19. The van der Waals surface area contributed by atoms with E-state index in [9.17, 15) is 8.42 Å². The Morgan fingerprint density at radius 1 is 1.22 bits per heavy atom. The van der Waals surface area contributed by atoms with E-state index in [0.717, 1.165) is 30.6 Å². The number of rotatable bonds is 8. The lowest BCUT2D eigenvalue weighted by atomic mass is 10.1. The van der Waals surface area contributed by atoms with Gasteiger partial charge >= 0.3 is 0 Å². The monoisotopic (exact) mass is 337 g/mol. The minimum absolute atomic E-state index is 0.252. The van der Waals surface area contributed by atoms with Gasteiger partial charge in [0.1, 0.15) is 10.6 Å². The van der Waals surface area contributed by atoms with Crippen LogP contribution in [0.5, 0.6) is 5.75 Å². The lowest BCUT2D eigenvalue weighted by Crippen LogP contribution is -2.25. The van der Waals surface area contributed by atoms with E-state index in [0.29, 0.717) is 17.9 Å². The standard InChI is InChI=1S/C16H23N3O3S/c1-12-16(13(2)19-18-12)23(20,21)17-11-7-6-9-14-8-4-5-10-15(14)22-3/h4-5,8,10,17H,6-7,9,11H2,1-3H3,(H,18,19). The molecule has 1 aromatic heterocycles. The minimum Gasteiger partial charge on any atom is -0.496 e. The van der Waals surface area contributed by atoms with Crippen LogP contribution in [0.1, 0.15) is 29.8 Å². The highest BCUT2D eigenvalue weighted by molar-refractivity contribution is 7.89. The minimum atomic E-state index is -3.50. The molecular formula is C16H23N3O3S. The fourth-order valence-corrected chi connectivity index (χ4v) is 4.01. The maximum absolute atomic E-state index is 12.3. The number of benzene rings is 1. The number of hydrogen-bond acceptors (Lipinski definition) is 4. The van der Waals surface area contributed by atoms with Gasteiger partial charge in [-0.1, -0.05) is 18.2 Å². The molecule has 1 heterocycles. The Hall–Kier alpha value is -1.86. The van der Waals surface area contributed by atoms with Crippen molar-refractivity contribution in [3.63, 3.8) is 0 Å². The molecule has 0 amide bonds. The van der Waals surface area contributed by atoms with Gasteiger partial charge in [0.15, 0.2) is 0 Å². The number of H-pyrrole nitrogens is 1. The number of aromatic amines is 1. The summed E-state index contributed by atoms with van der Waals surface area (Å²) >= 11 is 0. The molecule has 0 aliphatic carbocycles. The van der Waals surface area contributed by atoms with Gasteiger partial charge in [0.2, 0.25) is 10.0 Å². The predicted octanol–water partition coefficient (Wildman–Crippen LogP) is 2.34. The van der Waals surface area contributed by atoms with Crippen molar-refractivity contribution in [2.24, 2.45) is 0 Å². The number of sulfonamides is 1. The maximum atomic E-state index is 12.3. The van der Waals surface area contributed by atoms with Crippen LogP contribution in [0.25, 0.3) is 0 Å². The molecule has 0 fully saturated rings. The summed E-state index contributed by atoms with van der Waals surface area (Å²) in [6, 6.07) is 7.88. The number of hydrogen-bond donors (Lipinski definition) is 2. The number of unbranched alkanes of at least 4 members (excludes halogenated alkanes) is 1. The smallest absolute Gasteiger partial charge is 0.244 e. The van der Waals surface area contributed by atoms with Crippen molar-refractivity contribution in [2.75, 3.05) is 13.7 Å². The fraction of sp³-hybridized carbons (Fsp3) is 0.438. The second-order valence-corrected chi connectivity index (χ2v) is 7.13. The Balaban J connectivity index is 1.84. The molecule has 0 aliphatic heterocycles. The van der Waals surface area contributed by atoms with E-state index in [4.69, 9.17) is 4.74 Å². The normalized spacial score (nSPS) is 11.6. The topological polar surface area (TPSA) is 84.1 Å². The van der Waals surface area contributed by atoms with Gasteiger partial charge in [-0.25, -0.2) is 13.1 Å². The van der Waals surface area contributed by atoms with Crippen LogP contribution in [0.15, 0.2) is 29.2 Å². The van der Waals surface area contributed by atoms with Crippen LogP contribution < -0.4 is 9.46 Å². The quantitative estimate of drug-likeness (QED) is 0.724. The first-order chi connectivity index (χ1) is 11.0. The van der Waals surface area contributed by atoms with Gasteiger partial charge in [0, 0.05) is 6.54 Å². The molecule has 126 valence electrons. The molecule has 0 atom stereocenters. The van der Waals surface area contributed by atoms with Crippen LogP contribution >= 0.6 is 0 Å². The van der Waals surface area contributed by atoms with Crippen LogP contribution in [0.2, 0.25) is 0 Å². The van der Waals surface area contributed by atoms with Gasteiger partial charge in [-0.3, -0.25) is 5.10 Å². The van der Waals surface area contributed by atoms with E-state index in [2.05, 4.69) is 14.9 Å². The molecule has 0 aliphatic rings. The zero-order valence-electron chi connectivity index (χ0n) is 13.7. The van der Waals surface area contributed by atoms with Crippen LogP contribution in [0.3, 0.4) is 0 Å². The average Bonchev–Trinajstić information content (AvgIpc) is 2.87. The van der Waals surface area contributed by atoms with Gasteiger partial charge in [0.25, 0.3) is 0 Å². The molecule has 2 rings (SSSR count). The summed E-state index contributed by atoms with van der Waals surface area (Å²) in [6.45, 7) is 3.79. The predicted molar refractivity (Wildman–Crippen MR) is 89.2 cm³/mol. The van der Waals surface area contributed by atoms with E-state index >= 15 is 0 Å². The lowest BCUT2D eigenvalue weighted by Gasteiger charge is -2.09. The average molecular weight is 337 g/mol. The van der Waals surface area contributed by atoms with Crippen LogP contribution in [0.4, 0.5) is 0 Å². The van der Waals surface area contributed by atoms with E-state index in [1.54, 1.807) is 21.0 Å². The van der Waals surface area contributed by atoms with E-state index < -0.39 is 10.0 Å². The number of ether oxygens (including phenoxy) is 1. The number of aryl methyl sites for hydroxylation is 3. The molecule has 2 aromatic rings. The molecule has 23 heavy (non-hydrogen) atoms. The zero-order chi connectivity index (χ0) is 16.9. The first kappa shape index (κ1) is 17.5. The van der Waals surface area contributed by atoms with E-state index in [-0.39, 0.29) is 4.90 Å². The molecular weight excluding hydrogens is 314 g/mol. The van der Waals surface area contributed by atoms with Crippen molar-refractivity contribution < 1.29 is 13.2 Å². The number of nitrogens with zero attached hydrogens (tertiary/aromatic N) is 1. The Labute approximate surface area is 137 Å². The highest BCUT2D eigenvalue weighted by atomic mass is 32.2. The molecule has 0 radical (unpaired) electrons. The summed E-state index contributed by atoms with van der Waals surface area (Å²) in [6.07, 6.45) is 2.50. The Morgan fingerprint density at radius 3 is 2.61 bits per heavy atom. The molecule has 0 saturated heterocycles. The Morgan fingerprint density at radius 2 is 1.96 bits per heavy atom. The SMILES string of the molecule is COc1ccccc1CCCCNS(=O)(=O)c1c(C)n[nH]c1C. The van der Waals surface area contributed by atoms with Crippen LogP contribution in [-0.4, -0.2) is 32.3 Å². The Bertz CT molecular complexity index is 734. The van der Waals surface area contributed by atoms with Gasteiger partial charge in [-0.05, 0) is 44.7 Å². The molecule has 0 bridgehead atoms. The van der Waals surface area contributed by atoms with E-state index in [1.165, 1.54) is 0 Å². The molecule has 0 saturated carbocycles. The van der Waals surface area contributed by atoms with Crippen molar-refractivity contribution >= 4 is 10.0 Å². The second-order valence-electron chi connectivity index (χ2n) is 5.43. The number of para-hydroxylation sites is 1. The van der Waals surface area contributed by atoms with Crippen LogP contribution in [-0.2, 0) is 16.4 Å². The van der Waals surface area contributed by atoms with Crippen molar-refractivity contribution in [1.82, 2.24) is 14.9 Å². The highest BCUT2D eigenvalue weighted by Crippen LogP contribution is 2.19. The third kappa shape index (κ3) is 4.33. The van der Waals surface area contributed by atoms with Crippen molar-refractivity contribution in [1.29, 1.82) is 0 Å². The summed E-state index contributed by atoms with van der Waals surface area (Å²) in [4.78, 5) is 0.252. The van der Waals surface area contributed by atoms with Crippen molar-refractivity contribution in [2.45, 2.75) is 38.0 Å². The molecule has 7 heteroatoms. The van der Waals surface area contributed by atoms with Gasteiger partial charge < -0.3 is 4.74 Å². The third-order valence-corrected chi connectivity index (χ3v) is 5.41. The molecule has 0 unspecified atom stereocenters. The molecule has 1 aromatic carbocycles. The van der Waals surface area contributed by atoms with Crippen LogP contribution in [0, 0.1) is 13.8 Å². The highest BCUT2D eigenvalue weighted by Gasteiger charge is 2.21.